The predicted molar refractivity (Wildman–Crippen MR) is 169 cm³/mol. The Labute approximate surface area is 232 Å². The summed E-state index contributed by atoms with van der Waals surface area (Å²) < 4.78 is 6.12. The largest absolute Gasteiger partial charge is 0.440 e. The van der Waals surface area contributed by atoms with Gasteiger partial charge in [0.05, 0.1) is 0 Å². The number of rotatable bonds is 4. The van der Waals surface area contributed by atoms with E-state index in [9.17, 15) is 0 Å². The lowest BCUT2D eigenvalue weighted by molar-refractivity contribution is 0.628. The lowest BCUT2D eigenvalue weighted by Gasteiger charge is -2.26. The Morgan fingerprint density at radius 3 is 2.15 bits per heavy atom. The van der Waals surface area contributed by atoms with Crippen molar-refractivity contribution in [2.45, 2.75) is 0 Å². The number of nitrogens with zero attached hydrogens (tertiary/aromatic N) is 1. The summed E-state index contributed by atoms with van der Waals surface area (Å²) in [6.07, 6.45) is 4.29. The SMILES string of the molecule is C1=Cc2c(oc3ccc(N(c4ccc(-c5ccccc5)cc4)c4ccc5c(ccc6ccccc65)c4)cc23)NC1. The molecule has 0 spiro atoms. The van der Waals surface area contributed by atoms with E-state index in [4.69, 9.17) is 4.42 Å². The molecule has 1 aliphatic rings. The third-order valence-electron chi connectivity index (χ3n) is 7.85. The van der Waals surface area contributed by atoms with Gasteiger partial charge in [-0.05, 0) is 75.1 Å². The van der Waals surface area contributed by atoms with Gasteiger partial charge in [0, 0.05) is 34.6 Å². The first-order chi connectivity index (χ1) is 19.8. The fourth-order valence-electron chi connectivity index (χ4n) is 5.89. The van der Waals surface area contributed by atoms with E-state index in [0.717, 1.165) is 46.0 Å². The van der Waals surface area contributed by atoms with E-state index in [-0.39, 0.29) is 0 Å². The summed E-state index contributed by atoms with van der Waals surface area (Å²) in [5.41, 5.74) is 7.70. The van der Waals surface area contributed by atoms with Gasteiger partial charge in [0.1, 0.15) is 5.58 Å². The van der Waals surface area contributed by atoms with Crippen LogP contribution in [0.25, 0.3) is 49.7 Å². The summed E-state index contributed by atoms with van der Waals surface area (Å²) in [6, 6.07) is 45.6. The Morgan fingerprint density at radius 1 is 0.550 bits per heavy atom. The highest BCUT2D eigenvalue weighted by atomic mass is 16.3. The second kappa shape index (κ2) is 9.18. The van der Waals surface area contributed by atoms with E-state index in [1.54, 1.807) is 0 Å². The molecule has 8 rings (SSSR count). The van der Waals surface area contributed by atoms with E-state index in [0.29, 0.717) is 0 Å². The highest BCUT2D eigenvalue weighted by Gasteiger charge is 2.19. The predicted octanol–water partition coefficient (Wildman–Crippen LogP) is 10.3. The minimum atomic E-state index is 0.783. The van der Waals surface area contributed by atoms with Gasteiger partial charge >= 0.3 is 0 Å². The van der Waals surface area contributed by atoms with Crippen molar-refractivity contribution in [3.63, 3.8) is 0 Å². The monoisotopic (exact) mass is 514 g/mol. The quantitative estimate of drug-likeness (QED) is 0.237. The molecule has 0 saturated carbocycles. The third-order valence-corrected chi connectivity index (χ3v) is 7.85. The number of hydrogen-bond acceptors (Lipinski definition) is 3. The first kappa shape index (κ1) is 22.7. The maximum Gasteiger partial charge on any atom is 0.201 e. The van der Waals surface area contributed by atoms with Gasteiger partial charge in [-0.3, -0.25) is 0 Å². The fourth-order valence-corrected chi connectivity index (χ4v) is 5.89. The molecule has 0 aliphatic carbocycles. The highest BCUT2D eigenvalue weighted by Crippen LogP contribution is 2.41. The van der Waals surface area contributed by atoms with Crippen LogP contribution in [-0.4, -0.2) is 6.54 Å². The number of nitrogens with one attached hydrogen (secondary N) is 1. The number of anilines is 4. The smallest absolute Gasteiger partial charge is 0.201 e. The molecule has 7 aromatic rings. The van der Waals surface area contributed by atoms with Crippen molar-refractivity contribution in [3.05, 3.63) is 139 Å². The molecule has 0 bridgehead atoms. The minimum Gasteiger partial charge on any atom is -0.440 e. The minimum absolute atomic E-state index is 0.783. The summed E-state index contributed by atoms with van der Waals surface area (Å²) in [5, 5.41) is 9.47. The van der Waals surface area contributed by atoms with Crippen molar-refractivity contribution in [2.24, 2.45) is 0 Å². The number of fused-ring (bicyclic) bond motifs is 6. The van der Waals surface area contributed by atoms with Gasteiger partial charge < -0.3 is 14.6 Å². The molecular formula is C37H26N2O. The van der Waals surface area contributed by atoms with Gasteiger partial charge in [-0.2, -0.15) is 0 Å². The second-order valence-electron chi connectivity index (χ2n) is 10.2. The zero-order valence-electron chi connectivity index (χ0n) is 21.8. The lowest BCUT2D eigenvalue weighted by atomic mass is 10.0. The summed E-state index contributed by atoms with van der Waals surface area (Å²) in [4.78, 5) is 2.34. The Bertz CT molecular complexity index is 2050. The van der Waals surface area contributed by atoms with Gasteiger partial charge in [0.2, 0.25) is 5.88 Å². The molecule has 1 N–H and O–H groups in total. The second-order valence-corrected chi connectivity index (χ2v) is 10.2. The maximum absolute atomic E-state index is 6.12. The summed E-state index contributed by atoms with van der Waals surface area (Å²) in [5.74, 6) is 0.839. The van der Waals surface area contributed by atoms with Crippen LogP contribution in [0.5, 0.6) is 0 Å². The molecule has 0 unspecified atom stereocenters. The molecule has 1 aliphatic heterocycles. The van der Waals surface area contributed by atoms with E-state index in [1.165, 1.54) is 32.7 Å². The standard InChI is InChI=1S/C37H26N2O/c1-2-7-25(8-3-1)26-14-16-29(17-15-26)39(31-19-21-36-35(24-31)34-11-6-22-38-37(34)40-36)30-18-20-33-28(23-30)13-12-27-9-4-5-10-32(27)33/h1-21,23-24,38H,22H2. The maximum atomic E-state index is 6.12. The molecule has 6 aromatic carbocycles. The van der Waals surface area contributed by atoms with E-state index >= 15 is 0 Å². The summed E-state index contributed by atoms with van der Waals surface area (Å²) in [6.45, 7) is 0.783. The van der Waals surface area contributed by atoms with E-state index in [2.05, 4.69) is 150 Å². The van der Waals surface area contributed by atoms with Gasteiger partial charge in [-0.15, -0.1) is 0 Å². The van der Waals surface area contributed by atoms with E-state index in [1.807, 2.05) is 0 Å². The van der Waals surface area contributed by atoms with Crippen LogP contribution in [0.1, 0.15) is 5.56 Å². The van der Waals surface area contributed by atoms with Gasteiger partial charge in [0.25, 0.3) is 0 Å². The Balaban J connectivity index is 1.30. The molecule has 0 saturated heterocycles. The first-order valence-corrected chi connectivity index (χ1v) is 13.7. The van der Waals surface area contributed by atoms with Crippen molar-refractivity contribution in [3.8, 4) is 11.1 Å². The molecule has 0 radical (unpaired) electrons. The lowest BCUT2D eigenvalue weighted by Crippen LogP contribution is -2.10. The van der Waals surface area contributed by atoms with Gasteiger partial charge in [-0.25, -0.2) is 0 Å². The fraction of sp³-hybridized carbons (Fsp3) is 0.0270. The molecule has 190 valence electrons. The molecule has 40 heavy (non-hydrogen) atoms. The van der Waals surface area contributed by atoms with Crippen LogP contribution < -0.4 is 10.2 Å². The number of benzene rings is 6. The normalized spacial score (nSPS) is 12.5. The van der Waals surface area contributed by atoms with Crippen molar-refractivity contribution < 1.29 is 4.42 Å². The number of hydrogen-bond donors (Lipinski definition) is 1. The molecule has 3 heteroatoms. The highest BCUT2D eigenvalue weighted by molar-refractivity contribution is 6.08. The molecule has 0 amide bonds. The van der Waals surface area contributed by atoms with Crippen LogP contribution in [0.4, 0.5) is 22.9 Å². The van der Waals surface area contributed by atoms with Crippen LogP contribution in [0, 0.1) is 0 Å². The zero-order chi connectivity index (χ0) is 26.5. The Morgan fingerprint density at radius 2 is 1.25 bits per heavy atom. The van der Waals surface area contributed by atoms with Crippen LogP contribution in [-0.2, 0) is 0 Å². The van der Waals surface area contributed by atoms with Crippen molar-refractivity contribution >= 4 is 61.5 Å². The Kier molecular flexibility index (Phi) is 5.20. The third kappa shape index (κ3) is 3.75. The molecule has 1 aromatic heterocycles. The van der Waals surface area contributed by atoms with Crippen LogP contribution in [0.15, 0.2) is 138 Å². The van der Waals surface area contributed by atoms with Crippen molar-refractivity contribution in [2.75, 3.05) is 16.8 Å². The zero-order valence-corrected chi connectivity index (χ0v) is 21.8. The van der Waals surface area contributed by atoms with Crippen LogP contribution in [0.2, 0.25) is 0 Å². The van der Waals surface area contributed by atoms with Crippen molar-refractivity contribution in [1.82, 2.24) is 0 Å². The summed E-state index contributed by atoms with van der Waals surface area (Å²) >= 11 is 0. The molecule has 0 atom stereocenters. The summed E-state index contributed by atoms with van der Waals surface area (Å²) in [7, 11) is 0. The molecule has 0 fully saturated rings. The molecule has 3 nitrogen and oxygen atoms in total. The first-order valence-electron chi connectivity index (χ1n) is 13.7. The molecular weight excluding hydrogens is 488 g/mol. The number of furan rings is 1. The average molecular weight is 515 g/mol. The topological polar surface area (TPSA) is 28.4 Å². The van der Waals surface area contributed by atoms with Gasteiger partial charge in [-0.1, -0.05) is 97.1 Å². The van der Waals surface area contributed by atoms with Gasteiger partial charge in [0.15, 0.2) is 0 Å². The molecule has 2 heterocycles. The van der Waals surface area contributed by atoms with Crippen LogP contribution in [0.3, 0.4) is 0 Å². The van der Waals surface area contributed by atoms with E-state index < -0.39 is 0 Å². The average Bonchev–Trinajstić information content (AvgIpc) is 3.40. The van der Waals surface area contributed by atoms with Crippen molar-refractivity contribution in [1.29, 1.82) is 0 Å². The Hall–Kier alpha value is -5.28. The van der Waals surface area contributed by atoms with Crippen LogP contribution >= 0.6 is 0 Å².